The molecule has 138 valence electrons. The molecule has 0 aliphatic rings. The molecule has 0 spiro atoms. The first-order valence-electron chi connectivity index (χ1n) is 7.82. The van der Waals surface area contributed by atoms with Gasteiger partial charge in [-0.3, -0.25) is 4.79 Å². The zero-order valence-corrected chi connectivity index (χ0v) is 15.0. The average Bonchev–Trinajstić information content (AvgIpc) is 2.63. The van der Waals surface area contributed by atoms with Crippen LogP contribution in [0.4, 0.5) is 5.69 Å². The van der Waals surface area contributed by atoms with Gasteiger partial charge in [-0.25, -0.2) is 8.42 Å². The van der Waals surface area contributed by atoms with Crippen LogP contribution in [0.15, 0.2) is 68.7 Å². The Morgan fingerprint density at radius 1 is 1.04 bits per heavy atom. The van der Waals surface area contributed by atoms with E-state index in [1.54, 1.807) is 6.92 Å². The summed E-state index contributed by atoms with van der Waals surface area (Å²) in [4.78, 5) is 11.5. The highest BCUT2D eigenvalue weighted by atomic mass is 32.2. The zero-order valence-electron chi connectivity index (χ0n) is 14.2. The van der Waals surface area contributed by atoms with E-state index in [2.05, 4.69) is 10.3 Å². The fourth-order valence-corrected chi connectivity index (χ4v) is 3.36. The Hall–Kier alpha value is -2.94. The molecule has 0 fully saturated rings. The van der Waals surface area contributed by atoms with Crippen molar-refractivity contribution in [1.82, 2.24) is 0 Å². The van der Waals surface area contributed by atoms with Gasteiger partial charge >= 0.3 is 5.97 Å². The summed E-state index contributed by atoms with van der Waals surface area (Å²) in [6.45, 7) is 2.21. The first-order chi connectivity index (χ1) is 12.5. The van der Waals surface area contributed by atoms with Gasteiger partial charge in [0.15, 0.2) is 0 Å². The van der Waals surface area contributed by atoms with E-state index >= 15 is 0 Å². The highest BCUT2D eigenvalue weighted by molar-refractivity contribution is 7.91. The van der Waals surface area contributed by atoms with Crippen molar-refractivity contribution in [3.63, 3.8) is 0 Å². The molecule has 0 unspecified atom stereocenters. The van der Waals surface area contributed by atoms with Gasteiger partial charge in [-0.05, 0) is 55.5 Å². The second kappa shape index (κ2) is 8.95. The van der Waals surface area contributed by atoms with Gasteiger partial charge in [-0.15, -0.1) is 5.11 Å². The Morgan fingerprint density at radius 2 is 1.62 bits per heavy atom. The molecule has 2 rings (SSSR count). The SMILES string of the molecule is CCOC(=O)CCOc1ccc(S(=O)(=O)c2ccc(N=NN)cc2)cc1. The minimum absolute atomic E-state index is 0.125. The Morgan fingerprint density at radius 3 is 2.15 bits per heavy atom. The molecule has 2 N–H and O–H groups in total. The lowest BCUT2D eigenvalue weighted by Gasteiger charge is -2.08. The van der Waals surface area contributed by atoms with Gasteiger partial charge in [0, 0.05) is 0 Å². The maximum atomic E-state index is 12.6. The van der Waals surface area contributed by atoms with E-state index in [-0.39, 0.29) is 28.8 Å². The number of carbonyl (C=O) groups excluding carboxylic acids is 1. The van der Waals surface area contributed by atoms with Gasteiger partial charge in [0.05, 0.1) is 35.1 Å². The van der Waals surface area contributed by atoms with Crippen molar-refractivity contribution >= 4 is 21.5 Å². The van der Waals surface area contributed by atoms with E-state index in [0.717, 1.165) is 0 Å². The Kier molecular flexibility index (Phi) is 6.67. The molecule has 0 saturated heterocycles. The highest BCUT2D eigenvalue weighted by Gasteiger charge is 2.17. The minimum Gasteiger partial charge on any atom is -0.493 e. The van der Waals surface area contributed by atoms with Crippen molar-refractivity contribution in [2.45, 2.75) is 23.1 Å². The smallest absolute Gasteiger partial charge is 0.309 e. The summed E-state index contributed by atoms with van der Waals surface area (Å²) in [6, 6.07) is 11.9. The molecule has 2 aromatic rings. The molecule has 0 saturated carbocycles. The van der Waals surface area contributed by atoms with E-state index < -0.39 is 9.84 Å². The molecule has 2 aromatic carbocycles. The third kappa shape index (κ3) is 5.03. The van der Waals surface area contributed by atoms with Gasteiger partial charge in [0.1, 0.15) is 5.75 Å². The molecule has 0 radical (unpaired) electrons. The van der Waals surface area contributed by atoms with Crippen molar-refractivity contribution in [2.75, 3.05) is 13.2 Å². The number of benzene rings is 2. The molecule has 0 amide bonds. The first-order valence-corrected chi connectivity index (χ1v) is 9.30. The predicted octanol–water partition coefficient (Wildman–Crippen LogP) is 2.81. The number of hydrogen-bond acceptors (Lipinski definition) is 7. The molecular formula is C17H19N3O5S. The summed E-state index contributed by atoms with van der Waals surface area (Å²) in [5.41, 5.74) is 0.455. The number of nitrogens with two attached hydrogens (primary N) is 1. The van der Waals surface area contributed by atoms with E-state index in [1.807, 2.05) is 0 Å². The van der Waals surface area contributed by atoms with Crippen LogP contribution in [0, 0.1) is 0 Å². The third-order valence-corrected chi connectivity index (χ3v) is 5.12. The first kappa shape index (κ1) is 19.4. The van der Waals surface area contributed by atoms with Crippen LogP contribution in [0.3, 0.4) is 0 Å². The number of hydrogen-bond donors (Lipinski definition) is 1. The Labute approximate surface area is 151 Å². The van der Waals surface area contributed by atoms with Crippen LogP contribution >= 0.6 is 0 Å². The molecule has 0 bridgehead atoms. The lowest BCUT2D eigenvalue weighted by molar-refractivity contribution is -0.143. The second-order valence-electron chi connectivity index (χ2n) is 5.09. The van der Waals surface area contributed by atoms with Gasteiger partial charge < -0.3 is 15.3 Å². The number of sulfone groups is 1. The monoisotopic (exact) mass is 377 g/mol. The molecule has 8 nitrogen and oxygen atoms in total. The number of carbonyl (C=O) groups is 1. The molecule has 0 atom stereocenters. The van der Waals surface area contributed by atoms with Crippen LogP contribution in [-0.4, -0.2) is 27.6 Å². The second-order valence-corrected chi connectivity index (χ2v) is 7.04. The van der Waals surface area contributed by atoms with E-state index in [1.165, 1.54) is 48.5 Å². The van der Waals surface area contributed by atoms with E-state index in [9.17, 15) is 13.2 Å². The van der Waals surface area contributed by atoms with Crippen molar-refractivity contribution in [3.8, 4) is 5.75 Å². The fraction of sp³-hybridized carbons (Fsp3) is 0.235. The lowest BCUT2D eigenvalue weighted by Crippen LogP contribution is -2.09. The number of nitrogens with zero attached hydrogens (tertiary/aromatic N) is 2. The molecule has 0 aromatic heterocycles. The largest absolute Gasteiger partial charge is 0.493 e. The van der Waals surface area contributed by atoms with Crippen LogP contribution in [0.5, 0.6) is 5.75 Å². The van der Waals surface area contributed by atoms with Gasteiger partial charge in [-0.1, -0.05) is 5.22 Å². The van der Waals surface area contributed by atoms with E-state index in [4.69, 9.17) is 15.3 Å². The summed E-state index contributed by atoms with van der Waals surface area (Å²) in [5.74, 6) is 5.08. The van der Waals surface area contributed by atoms with Crippen LogP contribution in [-0.2, 0) is 19.4 Å². The third-order valence-electron chi connectivity index (χ3n) is 3.33. The number of rotatable bonds is 8. The predicted molar refractivity (Wildman–Crippen MR) is 93.8 cm³/mol. The molecule has 0 heterocycles. The van der Waals surface area contributed by atoms with Crippen molar-refractivity contribution < 1.29 is 22.7 Å². The molecule has 26 heavy (non-hydrogen) atoms. The number of esters is 1. The maximum Gasteiger partial charge on any atom is 0.309 e. The summed E-state index contributed by atoms with van der Waals surface area (Å²) in [7, 11) is -3.66. The fourth-order valence-electron chi connectivity index (χ4n) is 2.10. The lowest BCUT2D eigenvalue weighted by atomic mass is 10.3. The van der Waals surface area contributed by atoms with Crippen molar-refractivity contribution in [1.29, 1.82) is 0 Å². The minimum atomic E-state index is -3.66. The quantitative estimate of drug-likeness (QED) is 0.327. The van der Waals surface area contributed by atoms with Crippen molar-refractivity contribution in [2.24, 2.45) is 16.2 Å². The summed E-state index contributed by atoms with van der Waals surface area (Å²) in [5, 5.41) is 6.77. The number of ether oxygens (including phenoxy) is 2. The standard InChI is InChI=1S/C17H19N3O5S/c1-2-24-17(21)11-12-25-14-5-9-16(10-6-14)26(22,23)15-7-3-13(4-8-15)19-20-18/h3-10H,2,11-12H2,1H3,(H2,18,19). The van der Waals surface area contributed by atoms with Crippen LogP contribution in [0.25, 0.3) is 0 Å². The van der Waals surface area contributed by atoms with Crippen LogP contribution < -0.4 is 10.6 Å². The summed E-state index contributed by atoms with van der Waals surface area (Å²) >= 11 is 0. The highest BCUT2D eigenvalue weighted by Crippen LogP contribution is 2.25. The molecule has 0 aliphatic carbocycles. The van der Waals surface area contributed by atoms with Gasteiger partial charge in [0.25, 0.3) is 0 Å². The average molecular weight is 377 g/mol. The molecular weight excluding hydrogens is 358 g/mol. The maximum absolute atomic E-state index is 12.6. The van der Waals surface area contributed by atoms with Gasteiger partial charge in [0.2, 0.25) is 9.84 Å². The van der Waals surface area contributed by atoms with Crippen LogP contribution in [0.2, 0.25) is 0 Å². The topological polar surface area (TPSA) is 120 Å². The van der Waals surface area contributed by atoms with Crippen molar-refractivity contribution in [3.05, 3.63) is 48.5 Å². The molecule has 9 heteroatoms. The normalized spacial score (nSPS) is 11.4. The Bertz CT molecular complexity index is 862. The summed E-state index contributed by atoms with van der Waals surface area (Å²) in [6.07, 6.45) is 0.125. The van der Waals surface area contributed by atoms with Gasteiger partial charge in [-0.2, -0.15) is 0 Å². The zero-order chi connectivity index (χ0) is 19.0. The Balaban J connectivity index is 2.05. The van der Waals surface area contributed by atoms with Crippen LogP contribution in [0.1, 0.15) is 13.3 Å². The van der Waals surface area contributed by atoms with E-state index in [0.29, 0.717) is 18.0 Å². The molecule has 0 aliphatic heterocycles. The summed E-state index contributed by atoms with van der Waals surface area (Å²) < 4.78 is 35.4.